The third-order valence-corrected chi connectivity index (χ3v) is 2.94. The molecule has 0 spiro atoms. The number of carbonyl (C=O) groups excluding carboxylic acids is 1. The van der Waals surface area contributed by atoms with Gasteiger partial charge in [0.25, 0.3) is 0 Å². The van der Waals surface area contributed by atoms with E-state index in [4.69, 9.17) is 16.4 Å². The fraction of sp³-hybridized carbons (Fsp3) is 0.125. The van der Waals surface area contributed by atoms with Gasteiger partial charge in [-0.1, -0.05) is 59.2 Å². The number of rotatable bonds is 5. The molecular formula is C16H14ClNO2. The molecule has 102 valence electrons. The van der Waals surface area contributed by atoms with Crippen LogP contribution in [0.4, 0.5) is 0 Å². The van der Waals surface area contributed by atoms with Crippen LogP contribution in [0.1, 0.15) is 17.5 Å². The second-order valence-electron chi connectivity index (χ2n) is 4.23. The summed E-state index contributed by atoms with van der Waals surface area (Å²) < 4.78 is 0. The molecule has 0 unspecified atom stereocenters. The van der Waals surface area contributed by atoms with Crippen molar-refractivity contribution in [2.45, 2.75) is 12.8 Å². The second-order valence-corrected chi connectivity index (χ2v) is 4.67. The molecule has 4 heteroatoms. The third kappa shape index (κ3) is 4.86. The van der Waals surface area contributed by atoms with Gasteiger partial charge in [0.1, 0.15) is 0 Å². The van der Waals surface area contributed by atoms with Crippen LogP contribution in [0.25, 0.3) is 0 Å². The second kappa shape index (κ2) is 7.46. The molecule has 0 heterocycles. The Kier molecular flexibility index (Phi) is 5.33. The molecule has 0 aliphatic carbocycles. The van der Waals surface area contributed by atoms with Crippen molar-refractivity contribution in [1.82, 2.24) is 0 Å². The summed E-state index contributed by atoms with van der Waals surface area (Å²) in [5.41, 5.74) is 1.93. The zero-order valence-electron chi connectivity index (χ0n) is 10.8. The summed E-state index contributed by atoms with van der Waals surface area (Å²) in [5, 5.41) is 4.32. The Hall–Kier alpha value is -2.13. The predicted molar refractivity (Wildman–Crippen MR) is 79.9 cm³/mol. The summed E-state index contributed by atoms with van der Waals surface area (Å²) in [6, 6.07) is 16.9. The number of hydrogen-bond acceptors (Lipinski definition) is 3. The first-order chi connectivity index (χ1) is 9.74. The molecular weight excluding hydrogens is 274 g/mol. The molecule has 3 nitrogen and oxygen atoms in total. The molecule has 0 aliphatic heterocycles. The Morgan fingerprint density at radius 3 is 2.50 bits per heavy atom. The first-order valence-electron chi connectivity index (χ1n) is 6.27. The molecule has 0 amide bonds. The monoisotopic (exact) mass is 287 g/mol. The van der Waals surface area contributed by atoms with Gasteiger partial charge in [-0.05, 0) is 29.7 Å². The van der Waals surface area contributed by atoms with Crippen LogP contribution in [0.2, 0.25) is 5.02 Å². The molecule has 2 aromatic rings. The van der Waals surface area contributed by atoms with Crippen LogP contribution < -0.4 is 0 Å². The van der Waals surface area contributed by atoms with Gasteiger partial charge in [-0.25, -0.2) is 4.79 Å². The van der Waals surface area contributed by atoms with E-state index < -0.39 is 0 Å². The van der Waals surface area contributed by atoms with E-state index >= 15 is 0 Å². The molecule has 0 atom stereocenters. The smallest absolute Gasteiger partial charge is 0.318 e. The molecule has 0 saturated carbocycles. The van der Waals surface area contributed by atoms with Crippen molar-refractivity contribution >= 4 is 23.8 Å². The molecule has 0 bridgehead atoms. The largest absolute Gasteiger partial charge is 0.335 e. The Morgan fingerprint density at radius 1 is 1.10 bits per heavy atom. The van der Waals surface area contributed by atoms with Crippen molar-refractivity contribution in [2.75, 3.05) is 0 Å². The molecule has 0 saturated heterocycles. The zero-order chi connectivity index (χ0) is 14.2. The lowest BCUT2D eigenvalue weighted by Gasteiger charge is -1.99. The Labute approximate surface area is 122 Å². The summed E-state index contributed by atoms with van der Waals surface area (Å²) >= 11 is 5.77. The van der Waals surface area contributed by atoms with Gasteiger partial charge < -0.3 is 4.84 Å². The van der Waals surface area contributed by atoms with Gasteiger partial charge >= 0.3 is 5.97 Å². The molecule has 20 heavy (non-hydrogen) atoms. The van der Waals surface area contributed by atoms with Gasteiger partial charge in [0.05, 0.1) is 12.6 Å². The lowest BCUT2D eigenvalue weighted by atomic mass is 10.1. The van der Waals surface area contributed by atoms with E-state index in [0.29, 0.717) is 17.9 Å². The highest BCUT2D eigenvalue weighted by molar-refractivity contribution is 6.30. The van der Waals surface area contributed by atoms with Crippen molar-refractivity contribution in [3.63, 3.8) is 0 Å². The maximum absolute atomic E-state index is 11.5. The molecule has 2 aromatic carbocycles. The van der Waals surface area contributed by atoms with Crippen molar-refractivity contribution in [2.24, 2.45) is 5.16 Å². The van der Waals surface area contributed by atoms with Crippen molar-refractivity contribution in [3.05, 3.63) is 70.7 Å². The standard InChI is InChI=1S/C16H14ClNO2/c17-15-9-6-14(7-10-15)12-18-20-16(19)11-8-13-4-2-1-3-5-13/h1-7,9-10,12H,8,11H2/b18-12-. The van der Waals surface area contributed by atoms with E-state index in [9.17, 15) is 4.79 Å². The van der Waals surface area contributed by atoms with Gasteiger partial charge in [-0.2, -0.15) is 0 Å². The quantitative estimate of drug-likeness (QED) is 0.476. The van der Waals surface area contributed by atoms with Gasteiger partial charge in [-0.15, -0.1) is 0 Å². The highest BCUT2D eigenvalue weighted by Gasteiger charge is 2.02. The van der Waals surface area contributed by atoms with Crippen LogP contribution in [0.5, 0.6) is 0 Å². The normalized spacial score (nSPS) is 10.7. The maximum Gasteiger partial charge on any atom is 0.335 e. The minimum absolute atomic E-state index is 0.308. The van der Waals surface area contributed by atoms with E-state index in [0.717, 1.165) is 11.1 Å². The minimum Gasteiger partial charge on any atom is -0.318 e. The van der Waals surface area contributed by atoms with Crippen LogP contribution in [0.3, 0.4) is 0 Å². The molecule has 0 N–H and O–H groups in total. The highest BCUT2D eigenvalue weighted by atomic mass is 35.5. The van der Waals surface area contributed by atoms with Crippen molar-refractivity contribution in [3.8, 4) is 0 Å². The number of halogens is 1. The number of benzene rings is 2. The van der Waals surface area contributed by atoms with Gasteiger partial charge in [0, 0.05) is 5.02 Å². The van der Waals surface area contributed by atoms with Gasteiger partial charge in [0.2, 0.25) is 0 Å². The van der Waals surface area contributed by atoms with E-state index in [2.05, 4.69) is 5.16 Å². The average molecular weight is 288 g/mol. The Morgan fingerprint density at radius 2 is 1.80 bits per heavy atom. The summed E-state index contributed by atoms with van der Waals surface area (Å²) in [5.74, 6) is -0.348. The van der Waals surface area contributed by atoms with Crippen LogP contribution in [-0.4, -0.2) is 12.2 Å². The van der Waals surface area contributed by atoms with Crippen molar-refractivity contribution in [1.29, 1.82) is 0 Å². The van der Waals surface area contributed by atoms with Crippen LogP contribution in [-0.2, 0) is 16.1 Å². The number of carbonyl (C=O) groups is 1. The zero-order valence-corrected chi connectivity index (χ0v) is 11.6. The maximum atomic E-state index is 11.5. The lowest BCUT2D eigenvalue weighted by molar-refractivity contribution is -0.143. The van der Waals surface area contributed by atoms with Crippen LogP contribution in [0.15, 0.2) is 59.8 Å². The van der Waals surface area contributed by atoms with E-state index in [1.165, 1.54) is 6.21 Å². The number of oxime groups is 1. The van der Waals surface area contributed by atoms with Crippen LogP contribution in [0, 0.1) is 0 Å². The fourth-order valence-corrected chi connectivity index (χ4v) is 1.76. The Balaban J connectivity index is 1.76. The average Bonchev–Trinajstić information content (AvgIpc) is 2.48. The summed E-state index contributed by atoms with van der Waals surface area (Å²) in [4.78, 5) is 16.3. The summed E-state index contributed by atoms with van der Waals surface area (Å²) in [7, 11) is 0. The molecule has 0 aromatic heterocycles. The lowest BCUT2D eigenvalue weighted by Crippen LogP contribution is -2.02. The number of hydrogen-bond donors (Lipinski definition) is 0. The van der Waals surface area contributed by atoms with Crippen LogP contribution >= 0.6 is 11.6 Å². The third-order valence-electron chi connectivity index (χ3n) is 2.69. The Bertz CT molecular complexity index is 579. The summed E-state index contributed by atoms with van der Waals surface area (Å²) in [6.45, 7) is 0. The summed E-state index contributed by atoms with van der Waals surface area (Å²) in [6.07, 6.45) is 2.44. The molecule has 0 radical (unpaired) electrons. The predicted octanol–water partition coefficient (Wildman–Crippen LogP) is 3.85. The number of nitrogens with zero attached hydrogens (tertiary/aromatic N) is 1. The highest BCUT2D eigenvalue weighted by Crippen LogP contribution is 2.08. The number of aryl methyl sites for hydroxylation is 1. The van der Waals surface area contributed by atoms with Gasteiger partial charge in [-0.3, -0.25) is 0 Å². The van der Waals surface area contributed by atoms with Gasteiger partial charge in [0.15, 0.2) is 0 Å². The van der Waals surface area contributed by atoms with E-state index in [1.807, 2.05) is 30.3 Å². The molecule has 2 rings (SSSR count). The fourth-order valence-electron chi connectivity index (χ4n) is 1.63. The first kappa shape index (κ1) is 14.3. The van der Waals surface area contributed by atoms with E-state index in [1.54, 1.807) is 24.3 Å². The topological polar surface area (TPSA) is 38.7 Å². The molecule has 0 fully saturated rings. The van der Waals surface area contributed by atoms with E-state index in [-0.39, 0.29) is 5.97 Å². The SMILES string of the molecule is O=C(CCc1ccccc1)O/N=C\c1ccc(Cl)cc1. The van der Waals surface area contributed by atoms with Crippen molar-refractivity contribution < 1.29 is 9.63 Å². The molecule has 0 aliphatic rings. The minimum atomic E-state index is -0.348. The first-order valence-corrected chi connectivity index (χ1v) is 6.64.